The molecule has 25 rings (SSSR count). The van der Waals surface area contributed by atoms with Crippen molar-refractivity contribution < 1.29 is 0 Å². The van der Waals surface area contributed by atoms with Crippen molar-refractivity contribution in [1.29, 1.82) is 0 Å². The van der Waals surface area contributed by atoms with Crippen molar-refractivity contribution in [1.82, 2.24) is 35.9 Å². The van der Waals surface area contributed by atoms with Gasteiger partial charge in [0.15, 0.2) is 0 Å². The molecule has 0 radical (unpaired) electrons. The molecule has 0 atom stereocenters. The van der Waals surface area contributed by atoms with E-state index in [-0.39, 0.29) is 0 Å². The van der Waals surface area contributed by atoms with Crippen LogP contribution in [-0.4, -0.2) is 35.9 Å². The van der Waals surface area contributed by atoms with Gasteiger partial charge in [-0.2, -0.15) is 0 Å². The first-order valence-electron chi connectivity index (χ1n) is 34.0. The Morgan fingerprint density at radius 3 is 1.14 bits per heavy atom. The molecule has 25 aromatic rings. The second-order valence-corrected chi connectivity index (χ2v) is 28.0. The molecular formula is C89H54N8. The van der Waals surface area contributed by atoms with Gasteiger partial charge in [-0.1, -0.05) is 134 Å². The van der Waals surface area contributed by atoms with Gasteiger partial charge in [-0.25, -0.2) is 0 Å². The molecule has 0 fully saturated rings. The molecule has 8 nitrogen and oxygen atoms in total. The first-order chi connectivity index (χ1) is 47.8. The fourth-order valence-electron chi connectivity index (χ4n) is 20.2. The summed E-state index contributed by atoms with van der Waals surface area (Å²) in [6.07, 6.45) is 6.48. The van der Waals surface area contributed by atoms with Crippen LogP contribution in [0, 0.1) is 0 Å². The molecule has 0 saturated heterocycles. The maximum absolute atomic E-state index is 4.36. The lowest BCUT2D eigenvalue weighted by atomic mass is 9.98. The van der Waals surface area contributed by atoms with E-state index in [1.165, 1.54) is 240 Å². The highest BCUT2D eigenvalue weighted by molar-refractivity contribution is 6.41. The Bertz CT molecular complexity index is 8090. The van der Waals surface area contributed by atoms with Crippen molar-refractivity contribution >= 4 is 241 Å². The topological polar surface area (TPSA) is 37.4 Å². The average Bonchev–Trinajstić information content (AvgIpc) is 1.51. The Morgan fingerprint density at radius 2 is 0.649 bits per heavy atom. The number of para-hydroxylation sites is 6. The number of fused-ring (bicyclic) bond motifs is 38. The highest BCUT2D eigenvalue weighted by Gasteiger charge is 2.32. The van der Waals surface area contributed by atoms with Gasteiger partial charge in [0, 0.05) is 179 Å². The Balaban J connectivity index is 0.775. The third-order valence-electron chi connectivity index (χ3n) is 23.8. The first kappa shape index (κ1) is 50.0. The molecule has 0 aliphatic heterocycles. The second-order valence-electron chi connectivity index (χ2n) is 28.0. The van der Waals surface area contributed by atoms with Crippen molar-refractivity contribution in [2.75, 3.05) is 0 Å². The normalized spacial score (nSPS) is 13.4. The van der Waals surface area contributed by atoms with E-state index >= 15 is 0 Å². The summed E-state index contributed by atoms with van der Waals surface area (Å²) >= 11 is 0. The van der Waals surface area contributed by atoms with E-state index < -0.39 is 0 Å². The molecule has 450 valence electrons. The zero-order valence-corrected chi connectivity index (χ0v) is 53.4. The molecular weight excluding hydrogens is 1180 g/mol. The SMILES string of the molecule is C=Cc1c(/C=C\C)c2c3c4cc5c(cc4n4c6ccccc6c(cc2n1C)c34)c1c2c3ccccc3n(Cc3ccc4c(c3)c3cc6c7ccccc7n(C)c6c6c7cc8c(cc7n4c36)c3c4c(cc6c7ccccc7n8c63)c3ccccc3n4C)c2cc2c3ccccc3n5c21. The molecule has 0 aliphatic carbocycles. The zero-order valence-electron chi connectivity index (χ0n) is 53.4. The Hall–Kier alpha value is -12.5. The zero-order chi connectivity index (χ0) is 63.2. The van der Waals surface area contributed by atoms with Crippen molar-refractivity contribution in [3.05, 3.63) is 242 Å². The number of allylic oxidation sites excluding steroid dienone is 1. The van der Waals surface area contributed by atoms with Crippen LogP contribution >= 0.6 is 0 Å². The summed E-state index contributed by atoms with van der Waals surface area (Å²) in [6.45, 7) is 7.17. The molecule has 12 aromatic heterocycles. The number of rotatable bonds is 4. The van der Waals surface area contributed by atoms with Crippen LogP contribution in [0.4, 0.5) is 0 Å². The monoisotopic (exact) mass is 1230 g/mol. The largest absolute Gasteiger partial charge is 0.344 e. The van der Waals surface area contributed by atoms with E-state index in [1.54, 1.807) is 0 Å². The van der Waals surface area contributed by atoms with Crippen LogP contribution in [0.25, 0.3) is 241 Å². The van der Waals surface area contributed by atoms with Crippen LogP contribution in [0.1, 0.15) is 23.7 Å². The minimum Gasteiger partial charge on any atom is -0.344 e. The predicted molar refractivity (Wildman–Crippen MR) is 413 cm³/mol. The molecule has 12 heterocycles. The molecule has 97 heavy (non-hydrogen) atoms. The van der Waals surface area contributed by atoms with Crippen LogP contribution in [0.5, 0.6) is 0 Å². The molecule has 13 aromatic carbocycles. The smallest absolute Gasteiger partial charge is 0.0641 e. The van der Waals surface area contributed by atoms with E-state index in [0.717, 1.165) is 5.69 Å². The van der Waals surface area contributed by atoms with Gasteiger partial charge >= 0.3 is 0 Å². The van der Waals surface area contributed by atoms with Gasteiger partial charge in [-0.15, -0.1) is 0 Å². The maximum atomic E-state index is 4.36. The van der Waals surface area contributed by atoms with E-state index in [0.29, 0.717) is 6.54 Å². The molecule has 0 aliphatic rings. The molecule has 0 N–H and O–H groups in total. The van der Waals surface area contributed by atoms with Gasteiger partial charge in [0.05, 0.1) is 88.3 Å². The summed E-state index contributed by atoms with van der Waals surface area (Å²) in [5.74, 6) is 0. The minimum absolute atomic E-state index is 0.690. The molecule has 0 saturated carbocycles. The fraction of sp³-hybridized carbons (Fsp3) is 0.0562. The van der Waals surface area contributed by atoms with Crippen molar-refractivity contribution in [2.24, 2.45) is 21.1 Å². The van der Waals surface area contributed by atoms with Crippen LogP contribution < -0.4 is 0 Å². The standard InChI is InChI=1S/C89H54N8/c1-6-20-51-64(7-2)90(3)76-38-58-49-24-11-18-31-69(49)94-72-41-61-73(40-60(72)80(78(51)76)86(58)94)95-70-32-19-12-25-50(70)59-39-77-79(81(61)87(59)95)52-26-13-16-29-67(52)93(77)44-45-33-34-71-53(35-45)57-37-55-47-22-9-15-28-66(47)92(5)85(55)83-63-42-74-62(43-75(63)97(71)89(57)83)82-84-54(46-21-8-14-27-65(46)91(84)4)36-56-48-23-10-17-30-68(48)96(74)88(56)82/h6-43H,2,44H2,1,3-5H3/b20-6-. The van der Waals surface area contributed by atoms with E-state index in [9.17, 15) is 0 Å². The summed E-state index contributed by atoms with van der Waals surface area (Å²) in [5.41, 5.74) is 27.4. The number of aromatic nitrogens is 8. The van der Waals surface area contributed by atoms with Gasteiger partial charge in [-0.3, -0.25) is 0 Å². The summed E-state index contributed by atoms with van der Waals surface area (Å²) in [7, 11) is 6.73. The third kappa shape index (κ3) is 5.43. The highest BCUT2D eigenvalue weighted by atomic mass is 15.0. The lowest BCUT2D eigenvalue weighted by Crippen LogP contribution is -1.99. The summed E-state index contributed by atoms with van der Waals surface area (Å²) < 4.78 is 20.3. The minimum atomic E-state index is 0.690. The van der Waals surface area contributed by atoms with Crippen molar-refractivity contribution in [3.8, 4) is 0 Å². The number of hydrogen-bond acceptors (Lipinski definition) is 0. The lowest BCUT2D eigenvalue weighted by Gasteiger charge is -2.10. The van der Waals surface area contributed by atoms with Crippen molar-refractivity contribution in [3.63, 3.8) is 0 Å². The van der Waals surface area contributed by atoms with E-state index in [1.807, 2.05) is 6.08 Å². The van der Waals surface area contributed by atoms with E-state index in [4.69, 9.17) is 0 Å². The molecule has 0 bridgehead atoms. The van der Waals surface area contributed by atoms with Crippen LogP contribution in [0.2, 0.25) is 0 Å². The van der Waals surface area contributed by atoms with Gasteiger partial charge in [-0.05, 0) is 116 Å². The van der Waals surface area contributed by atoms with Crippen LogP contribution in [-0.2, 0) is 27.7 Å². The van der Waals surface area contributed by atoms with E-state index in [2.05, 4.69) is 295 Å². The first-order valence-corrected chi connectivity index (χ1v) is 34.0. The summed E-state index contributed by atoms with van der Waals surface area (Å²) in [5, 5.41) is 29.6. The Morgan fingerprint density at radius 1 is 0.278 bits per heavy atom. The van der Waals surface area contributed by atoms with Gasteiger partial charge in [0.25, 0.3) is 0 Å². The number of hydrogen-bond donors (Lipinski definition) is 0. The van der Waals surface area contributed by atoms with Gasteiger partial charge in [0.2, 0.25) is 0 Å². The highest BCUT2D eigenvalue weighted by Crippen LogP contribution is 2.54. The third-order valence-corrected chi connectivity index (χ3v) is 23.8. The quantitative estimate of drug-likeness (QED) is 0.168. The molecule has 0 amide bonds. The molecule has 0 unspecified atom stereocenters. The maximum Gasteiger partial charge on any atom is 0.0641 e. The number of benzene rings is 13. The predicted octanol–water partition coefficient (Wildman–Crippen LogP) is 22.9. The second kappa shape index (κ2) is 16.5. The Labute approximate surface area is 549 Å². The van der Waals surface area contributed by atoms with Crippen LogP contribution in [0.3, 0.4) is 0 Å². The summed E-state index contributed by atoms with van der Waals surface area (Å²) in [6, 6.07) is 81.9. The number of nitrogens with zero attached hydrogens (tertiary/aromatic N) is 8. The summed E-state index contributed by atoms with van der Waals surface area (Å²) in [4.78, 5) is 0. The average molecular weight is 1240 g/mol. The van der Waals surface area contributed by atoms with Gasteiger partial charge in [0.1, 0.15) is 0 Å². The molecule has 8 heteroatoms. The lowest BCUT2D eigenvalue weighted by molar-refractivity contribution is 0.871. The van der Waals surface area contributed by atoms with Gasteiger partial charge < -0.3 is 35.9 Å². The number of aryl methyl sites for hydroxylation is 3. The fourth-order valence-corrected chi connectivity index (χ4v) is 20.2. The Kier molecular flexibility index (Phi) is 8.51. The molecule has 0 spiro atoms. The van der Waals surface area contributed by atoms with Crippen LogP contribution in [0.15, 0.2) is 225 Å². The van der Waals surface area contributed by atoms with Crippen molar-refractivity contribution in [2.45, 2.75) is 13.5 Å².